The molecule has 0 N–H and O–H groups in total. The van der Waals surface area contributed by atoms with Crippen molar-refractivity contribution in [2.24, 2.45) is 10.2 Å². The topological polar surface area (TPSA) is 91.8 Å². The zero-order chi connectivity index (χ0) is 36.2. The van der Waals surface area contributed by atoms with Crippen LogP contribution in [0.25, 0.3) is 44.5 Å². The molecule has 0 unspecified atom stereocenters. The SMILES string of the molecule is CN1C=NN(c2[c-]c(Oc3[c-]c4c(cc3)c3c(c5ccc(Oc6[c-]c(N7[CH-]N(C)C=N7)ccc6)[c-]c5n3-c3ccccn3)n4-c3ccccn3)ccc2)[CH-]1.[Pt].[Pt]. The van der Waals surface area contributed by atoms with E-state index in [2.05, 4.69) is 43.6 Å². The Kier molecular flexibility index (Phi) is 10.1. The van der Waals surface area contributed by atoms with Gasteiger partial charge in [0.15, 0.2) is 0 Å². The van der Waals surface area contributed by atoms with Gasteiger partial charge in [-0.25, -0.2) is 9.97 Å². The van der Waals surface area contributed by atoms with Crippen molar-refractivity contribution in [3.05, 3.63) is 147 Å². The number of hydrogen-bond donors (Lipinski definition) is 0. The summed E-state index contributed by atoms with van der Waals surface area (Å²) in [5, 5.41) is 14.1. The van der Waals surface area contributed by atoms with Gasteiger partial charge in [0.1, 0.15) is 11.6 Å². The number of hydrogen-bond acceptors (Lipinski definition) is 10. The van der Waals surface area contributed by atoms with E-state index in [1.807, 2.05) is 134 Å². The fourth-order valence-electron chi connectivity index (χ4n) is 6.63. The molecule has 2 aliphatic heterocycles. The van der Waals surface area contributed by atoms with Crippen LogP contribution in [0.4, 0.5) is 11.4 Å². The predicted molar refractivity (Wildman–Crippen MR) is 208 cm³/mol. The first-order valence-corrected chi connectivity index (χ1v) is 17.1. The van der Waals surface area contributed by atoms with Gasteiger partial charge in [0, 0.05) is 88.6 Å². The molecule has 14 heteroatoms. The molecule has 10 rings (SSSR count). The van der Waals surface area contributed by atoms with E-state index in [4.69, 9.17) is 19.4 Å². The molecule has 0 amide bonds. The van der Waals surface area contributed by atoms with Crippen LogP contribution < -0.4 is 19.5 Å². The normalized spacial score (nSPS) is 13.5. The number of nitrogens with zero attached hydrogens (tertiary/aromatic N) is 10. The molecule has 4 aromatic carbocycles. The molecule has 0 saturated heterocycles. The van der Waals surface area contributed by atoms with Gasteiger partial charge in [0.25, 0.3) is 0 Å². The maximum absolute atomic E-state index is 6.39. The minimum Gasteiger partial charge on any atom is -0.509 e. The van der Waals surface area contributed by atoms with E-state index in [-0.39, 0.29) is 42.1 Å². The van der Waals surface area contributed by atoms with E-state index in [0.717, 1.165) is 55.8 Å². The average Bonchev–Trinajstić information content (AvgIpc) is 3.99. The molecule has 6 heterocycles. The summed E-state index contributed by atoms with van der Waals surface area (Å²) in [6, 6.07) is 44.8. The van der Waals surface area contributed by atoms with Crippen LogP contribution in [0, 0.1) is 37.6 Å². The first-order valence-electron chi connectivity index (χ1n) is 17.1. The van der Waals surface area contributed by atoms with Gasteiger partial charge in [-0.3, -0.25) is 0 Å². The summed E-state index contributed by atoms with van der Waals surface area (Å²) in [5.41, 5.74) is 4.92. The second kappa shape index (κ2) is 15.3. The van der Waals surface area contributed by atoms with Gasteiger partial charge in [-0.1, -0.05) is 45.3 Å². The van der Waals surface area contributed by atoms with Crippen molar-refractivity contribution < 1.29 is 51.6 Å². The molecule has 56 heavy (non-hydrogen) atoms. The molecule has 284 valence electrons. The van der Waals surface area contributed by atoms with Crippen LogP contribution in [0.2, 0.25) is 0 Å². The monoisotopic (exact) mass is 1090 g/mol. The zero-order valence-corrected chi connectivity index (χ0v) is 34.2. The summed E-state index contributed by atoms with van der Waals surface area (Å²) in [4.78, 5) is 13.3. The third kappa shape index (κ3) is 6.69. The molecule has 8 aromatic rings. The first kappa shape index (κ1) is 37.0. The van der Waals surface area contributed by atoms with E-state index >= 15 is 0 Å². The number of hydrazone groups is 2. The maximum atomic E-state index is 6.39. The van der Waals surface area contributed by atoms with Gasteiger partial charge in [-0.2, -0.15) is 34.5 Å². The van der Waals surface area contributed by atoms with Crippen LogP contribution in [-0.2, 0) is 42.1 Å². The molecule has 0 aliphatic carbocycles. The summed E-state index contributed by atoms with van der Waals surface area (Å²) in [6.45, 7) is 3.73. The minimum absolute atomic E-state index is 0. The van der Waals surface area contributed by atoms with Gasteiger partial charge in [0.2, 0.25) is 0 Å². The molecule has 0 saturated carbocycles. The van der Waals surface area contributed by atoms with Gasteiger partial charge in [-0.15, -0.1) is 74.0 Å². The Morgan fingerprint density at radius 3 is 1.34 bits per heavy atom. The second-order valence-corrected chi connectivity index (χ2v) is 12.6. The largest absolute Gasteiger partial charge is 0.509 e. The Labute approximate surface area is 351 Å². The molecule has 12 nitrogen and oxygen atoms in total. The second-order valence-electron chi connectivity index (χ2n) is 12.6. The fraction of sp³-hybridized carbons (Fsp3) is 0.0476. The van der Waals surface area contributed by atoms with Crippen molar-refractivity contribution in [1.82, 2.24) is 28.9 Å². The Hall–Kier alpha value is -5.96. The molecule has 0 radical (unpaired) electrons. The van der Waals surface area contributed by atoms with Crippen LogP contribution in [0.15, 0.2) is 120 Å². The third-order valence-electron chi connectivity index (χ3n) is 8.92. The maximum Gasteiger partial charge on any atom is 0.134 e. The molecule has 0 bridgehead atoms. The summed E-state index contributed by atoms with van der Waals surface area (Å²) in [7, 11) is 3.84. The molecular weight excluding hydrogens is 1070 g/mol. The van der Waals surface area contributed by atoms with Crippen molar-refractivity contribution in [3.63, 3.8) is 0 Å². The number of pyridine rings is 2. The van der Waals surface area contributed by atoms with E-state index in [1.54, 1.807) is 35.1 Å². The van der Waals surface area contributed by atoms with Gasteiger partial charge in [-0.05, 0) is 38.4 Å². The fourth-order valence-corrected chi connectivity index (χ4v) is 6.63. The number of benzene rings is 4. The van der Waals surface area contributed by atoms with Crippen molar-refractivity contribution in [2.45, 2.75) is 0 Å². The van der Waals surface area contributed by atoms with Crippen LogP contribution >= 0.6 is 0 Å². The van der Waals surface area contributed by atoms with Crippen molar-refractivity contribution >= 4 is 56.9 Å². The van der Waals surface area contributed by atoms with E-state index in [1.165, 1.54) is 0 Å². The van der Waals surface area contributed by atoms with Crippen LogP contribution in [0.3, 0.4) is 0 Å². The van der Waals surface area contributed by atoms with E-state index in [0.29, 0.717) is 23.0 Å². The van der Waals surface area contributed by atoms with Crippen LogP contribution in [-0.4, -0.2) is 55.7 Å². The summed E-state index contributed by atoms with van der Waals surface area (Å²) in [5.74, 6) is 3.58. The Bertz CT molecular complexity index is 2570. The summed E-state index contributed by atoms with van der Waals surface area (Å²) < 4.78 is 17.0. The number of anilines is 2. The molecular formula is C42H28N10O2Pt2-6. The average molecular weight is 1090 g/mol. The molecule has 0 atom stereocenters. The van der Waals surface area contributed by atoms with Gasteiger partial charge >= 0.3 is 0 Å². The molecule has 2 aliphatic rings. The minimum atomic E-state index is 0. The van der Waals surface area contributed by atoms with Gasteiger partial charge < -0.3 is 38.4 Å². The Morgan fingerprint density at radius 2 is 0.946 bits per heavy atom. The standard InChI is InChI=1S/C42H28N10O2.2Pt/c1-47-25-45-49(27-47)29-9-7-11-31(21-29)53-33-15-17-35-37(23-33)51(39-13-3-5-19-43-39)42-36-18-16-34(24-38(36)52(41(35)42)40-14-4-6-20-44-40)54-32-12-8-10-30(22-32)50-28-48(2)26-46-50;;/h3-20,25-28H,1-2H3;;/q-6;;. The number of rotatable bonds is 8. The summed E-state index contributed by atoms with van der Waals surface area (Å²) >= 11 is 0. The van der Waals surface area contributed by atoms with Crippen molar-refractivity contribution in [2.75, 3.05) is 24.1 Å². The molecule has 0 fully saturated rings. The van der Waals surface area contributed by atoms with Crippen LogP contribution in [0.1, 0.15) is 0 Å². The Morgan fingerprint density at radius 1 is 0.500 bits per heavy atom. The van der Waals surface area contributed by atoms with Crippen molar-refractivity contribution in [1.29, 1.82) is 0 Å². The number of fused-ring (bicyclic) bond motifs is 5. The molecule has 4 aromatic heterocycles. The van der Waals surface area contributed by atoms with E-state index in [9.17, 15) is 0 Å². The smallest absolute Gasteiger partial charge is 0.134 e. The Balaban J connectivity index is 0.00000220. The quantitative estimate of drug-likeness (QED) is 0.142. The number of aromatic nitrogens is 4. The van der Waals surface area contributed by atoms with Crippen LogP contribution in [0.5, 0.6) is 23.0 Å². The molecule has 0 spiro atoms. The third-order valence-corrected chi connectivity index (χ3v) is 8.92. The predicted octanol–water partition coefficient (Wildman–Crippen LogP) is 7.93. The van der Waals surface area contributed by atoms with E-state index < -0.39 is 0 Å². The summed E-state index contributed by atoms with van der Waals surface area (Å²) in [6.07, 6.45) is 7.03. The van der Waals surface area contributed by atoms with Crippen molar-refractivity contribution in [3.8, 4) is 34.6 Å². The number of ether oxygens (including phenoxy) is 2. The van der Waals surface area contributed by atoms with Gasteiger partial charge in [0.05, 0.1) is 12.7 Å². The zero-order valence-electron chi connectivity index (χ0n) is 29.6. The first-order chi connectivity index (χ1) is 26.6.